The molecule has 2 atom stereocenters. The second-order valence-electron chi connectivity index (χ2n) is 8.55. The van der Waals surface area contributed by atoms with E-state index in [4.69, 9.17) is 4.74 Å². The zero-order valence-electron chi connectivity index (χ0n) is 19.6. The van der Waals surface area contributed by atoms with Crippen LogP contribution in [-0.2, 0) is 17.1 Å². The Morgan fingerprint density at radius 1 is 0.973 bits per heavy atom. The molecule has 0 spiro atoms. The van der Waals surface area contributed by atoms with Gasteiger partial charge in [0.05, 0.1) is 23.4 Å². The van der Waals surface area contributed by atoms with Gasteiger partial charge in [-0.25, -0.2) is 4.79 Å². The Kier molecular flexibility index (Phi) is 7.37. The molecule has 0 fully saturated rings. The number of amides is 1. The third kappa shape index (κ3) is 5.15. The van der Waals surface area contributed by atoms with Crippen LogP contribution in [0.2, 0.25) is 0 Å². The molecule has 0 N–H and O–H groups in total. The summed E-state index contributed by atoms with van der Waals surface area (Å²) in [4.78, 5) is 13.2. The molecule has 0 aliphatic carbocycles. The smallest absolute Gasteiger partial charge is 0.416 e. The van der Waals surface area contributed by atoms with Gasteiger partial charge in [-0.05, 0) is 60.7 Å². The van der Waals surface area contributed by atoms with Crippen molar-refractivity contribution >= 4 is 17.4 Å². The summed E-state index contributed by atoms with van der Waals surface area (Å²) in [6.07, 6.45) is -18.2. The largest absolute Gasteiger partial charge is 0.449 e. The fourth-order valence-corrected chi connectivity index (χ4v) is 4.61. The quantitative estimate of drug-likeness (QED) is 0.364. The molecule has 2 aromatic rings. The van der Waals surface area contributed by atoms with Gasteiger partial charge in [-0.3, -0.25) is 4.90 Å². The summed E-state index contributed by atoms with van der Waals surface area (Å²) in [5.41, 5.74) is -7.23. The van der Waals surface area contributed by atoms with Crippen LogP contribution in [0, 0.1) is 0 Å². The van der Waals surface area contributed by atoms with E-state index in [1.165, 1.54) is 38.1 Å². The highest BCUT2D eigenvalue weighted by Gasteiger charge is 2.63. The normalized spacial score (nSPS) is 20.4. The maximum Gasteiger partial charge on any atom is 0.416 e. The topological polar surface area (TPSA) is 29.5 Å². The Bertz CT molecular complexity index is 1150. The Labute approximate surface area is 206 Å². The van der Waals surface area contributed by atoms with Crippen LogP contribution in [0.15, 0.2) is 49.0 Å². The van der Waals surface area contributed by atoms with Gasteiger partial charge in [-0.1, -0.05) is 31.7 Å². The van der Waals surface area contributed by atoms with Gasteiger partial charge in [0.2, 0.25) is 0 Å². The van der Waals surface area contributed by atoms with E-state index in [0.717, 1.165) is 0 Å². The third-order valence-corrected chi connectivity index (χ3v) is 6.46. The van der Waals surface area contributed by atoms with E-state index in [2.05, 4.69) is 6.58 Å². The molecule has 0 radical (unpaired) electrons. The van der Waals surface area contributed by atoms with E-state index in [-0.39, 0.29) is 29.5 Å². The summed E-state index contributed by atoms with van der Waals surface area (Å²) in [7, 11) is 0. The van der Waals surface area contributed by atoms with Crippen LogP contribution in [-0.4, -0.2) is 24.4 Å². The minimum absolute atomic E-state index is 0.0693. The third-order valence-electron chi connectivity index (χ3n) is 6.46. The highest BCUT2D eigenvalue weighted by atomic mass is 19.4. The molecule has 0 aromatic heterocycles. The average molecular weight is 539 g/mol. The number of benzene rings is 2. The lowest BCUT2D eigenvalue weighted by Crippen LogP contribution is -2.63. The van der Waals surface area contributed by atoms with Crippen LogP contribution >= 0.6 is 0 Å². The number of alkyl halides is 9. The summed E-state index contributed by atoms with van der Waals surface area (Å²) >= 11 is 0. The molecule has 3 nitrogen and oxygen atoms in total. The maximum absolute atomic E-state index is 14.6. The van der Waals surface area contributed by atoms with Gasteiger partial charge in [-0.2, -0.15) is 39.5 Å². The molecule has 0 bridgehead atoms. The second kappa shape index (κ2) is 9.60. The number of rotatable bonds is 4. The Hall–Kier alpha value is -3.18. The highest BCUT2D eigenvalue weighted by Crippen LogP contribution is 2.55. The molecule has 2 aromatic carbocycles. The monoisotopic (exact) mass is 539 g/mol. The van der Waals surface area contributed by atoms with E-state index in [9.17, 15) is 44.3 Å². The number of fused-ring (bicyclic) bond motifs is 1. The van der Waals surface area contributed by atoms with Crippen LogP contribution in [0.1, 0.15) is 54.9 Å². The van der Waals surface area contributed by atoms with Crippen molar-refractivity contribution in [3.05, 3.63) is 71.3 Å². The first-order valence-electron chi connectivity index (χ1n) is 11.1. The lowest BCUT2D eigenvalue weighted by atomic mass is 9.71. The fraction of sp³-hybridized carbons (Fsp3) is 0.400. The molecule has 202 valence electrons. The van der Waals surface area contributed by atoms with Crippen LogP contribution < -0.4 is 4.90 Å². The average Bonchev–Trinajstić information content (AvgIpc) is 2.80. The molecular weight excluding hydrogens is 517 g/mol. The molecular formula is C25H22F9NO2. The maximum atomic E-state index is 14.6. The Morgan fingerprint density at radius 2 is 1.51 bits per heavy atom. The summed E-state index contributed by atoms with van der Waals surface area (Å²) < 4.78 is 129. The number of allylic oxidation sites excluding steroid dienone is 1. The standard InChI is InChI=1S/C25H22F9NO2/c1-4-22(25(32,33)34)13-19(18-8-6-7-9-20(18)35(22)21(36)37-5-2)14(3)15-10-16(23(26,27)28)12-17(11-15)24(29,30)31/h6-12,19H,3-5,13H2,1-2H3/t19-,22-/m1/s1. The Balaban J connectivity index is 2.28. The van der Waals surface area contributed by atoms with Gasteiger partial charge in [0.15, 0.2) is 0 Å². The van der Waals surface area contributed by atoms with E-state index in [1.807, 2.05) is 0 Å². The molecule has 1 aliphatic rings. The molecule has 0 unspecified atom stereocenters. The Morgan fingerprint density at radius 3 is 1.97 bits per heavy atom. The molecule has 3 rings (SSSR count). The van der Waals surface area contributed by atoms with E-state index < -0.39 is 65.6 Å². The number of hydrogen-bond donors (Lipinski definition) is 0. The minimum atomic E-state index is -5.15. The first-order chi connectivity index (χ1) is 17.0. The van der Waals surface area contributed by atoms with E-state index in [0.29, 0.717) is 17.0 Å². The van der Waals surface area contributed by atoms with Crippen molar-refractivity contribution in [2.24, 2.45) is 0 Å². The lowest BCUT2D eigenvalue weighted by molar-refractivity contribution is -0.190. The van der Waals surface area contributed by atoms with Crippen LogP contribution in [0.5, 0.6) is 0 Å². The number of ether oxygens (including phenoxy) is 1. The number of para-hydroxylation sites is 1. The van der Waals surface area contributed by atoms with Crippen LogP contribution in [0.4, 0.5) is 50.0 Å². The van der Waals surface area contributed by atoms with Gasteiger partial charge >= 0.3 is 24.6 Å². The van der Waals surface area contributed by atoms with Gasteiger partial charge in [0.1, 0.15) is 5.54 Å². The molecule has 0 saturated carbocycles. The van der Waals surface area contributed by atoms with Crippen LogP contribution in [0.25, 0.3) is 5.57 Å². The fourth-order valence-electron chi connectivity index (χ4n) is 4.61. The zero-order chi connectivity index (χ0) is 28.0. The van der Waals surface area contributed by atoms with Crippen molar-refractivity contribution in [3.63, 3.8) is 0 Å². The zero-order valence-corrected chi connectivity index (χ0v) is 19.6. The number of anilines is 1. The minimum Gasteiger partial charge on any atom is -0.449 e. The predicted molar refractivity (Wildman–Crippen MR) is 118 cm³/mol. The lowest BCUT2D eigenvalue weighted by Gasteiger charge is -2.50. The van der Waals surface area contributed by atoms with Crippen LogP contribution in [0.3, 0.4) is 0 Å². The van der Waals surface area contributed by atoms with Gasteiger partial charge in [-0.15, -0.1) is 0 Å². The van der Waals surface area contributed by atoms with Crippen molar-refractivity contribution < 1.29 is 49.0 Å². The van der Waals surface area contributed by atoms with Crippen molar-refractivity contribution in [1.29, 1.82) is 0 Å². The highest BCUT2D eigenvalue weighted by molar-refractivity contribution is 5.93. The molecule has 1 aliphatic heterocycles. The molecule has 0 saturated heterocycles. The number of nitrogens with zero attached hydrogens (tertiary/aromatic N) is 1. The van der Waals surface area contributed by atoms with Gasteiger partial charge in [0, 0.05) is 5.92 Å². The summed E-state index contributed by atoms with van der Waals surface area (Å²) in [6.45, 7) is 6.01. The summed E-state index contributed by atoms with van der Waals surface area (Å²) in [5.74, 6) is -1.37. The van der Waals surface area contributed by atoms with Crippen molar-refractivity contribution in [2.75, 3.05) is 11.5 Å². The number of carbonyl (C=O) groups is 1. The number of hydrogen-bond acceptors (Lipinski definition) is 2. The second-order valence-corrected chi connectivity index (χ2v) is 8.55. The first kappa shape index (κ1) is 28.4. The number of halogens is 9. The molecule has 12 heteroatoms. The predicted octanol–water partition coefficient (Wildman–Crippen LogP) is 8.60. The summed E-state index contributed by atoms with van der Waals surface area (Å²) in [6, 6.07) is 6.15. The molecule has 1 amide bonds. The van der Waals surface area contributed by atoms with E-state index in [1.54, 1.807) is 0 Å². The van der Waals surface area contributed by atoms with Gasteiger partial charge < -0.3 is 4.74 Å². The summed E-state index contributed by atoms with van der Waals surface area (Å²) in [5, 5.41) is 0. The van der Waals surface area contributed by atoms with E-state index >= 15 is 0 Å². The molecule has 37 heavy (non-hydrogen) atoms. The molecule has 1 heterocycles. The first-order valence-corrected chi connectivity index (χ1v) is 11.1. The SMILES string of the molecule is C=C(c1cc(C(F)(F)F)cc(C(F)(F)F)c1)[C@H]1C[C@](CC)(C(F)(F)F)N(C(=O)OCC)c2ccccc21. The van der Waals surface area contributed by atoms with Gasteiger partial charge in [0.25, 0.3) is 0 Å². The van der Waals surface area contributed by atoms with Crippen molar-refractivity contribution in [3.8, 4) is 0 Å². The van der Waals surface area contributed by atoms with Crippen molar-refractivity contribution in [2.45, 2.75) is 56.7 Å². The van der Waals surface area contributed by atoms with Crippen molar-refractivity contribution in [1.82, 2.24) is 0 Å². The number of carbonyl (C=O) groups excluding carboxylic acids is 1.